The average molecular weight is 275 g/mol. The van der Waals surface area contributed by atoms with E-state index in [2.05, 4.69) is 18.6 Å². The highest BCUT2D eigenvalue weighted by Gasteiger charge is 2.30. The number of hydrogen-bond acceptors (Lipinski definition) is 2. The van der Waals surface area contributed by atoms with Crippen LogP contribution in [0.1, 0.15) is 32.3 Å². The second kappa shape index (κ2) is 6.80. The van der Waals surface area contributed by atoms with E-state index < -0.39 is 6.36 Å². The summed E-state index contributed by atoms with van der Waals surface area (Å²) in [5.41, 5.74) is 6.99. The predicted octanol–water partition coefficient (Wildman–Crippen LogP) is 3.89. The molecule has 0 bridgehead atoms. The minimum Gasteiger partial charge on any atom is -0.406 e. The van der Waals surface area contributed by atoms with Gasteiger partial charge >= 0.3 is 6.36 Å². The summed E-state index contributed by atoms with van der Waals surface area (Å²) in [5.74, 6) is 0.197. The van der Waals surface area contributed by atoms with Gasteiger partial charge in [-0.1, -0.05) is 32.4 Å². The summed E-state index contributed by atoms with van der Waals surface area (Å²) in [7, 11) is 0. The van der Waals surface area contributed by atoms with Crippen molar-refractivity contribution in [3.63, 3.8) is 0 Å². The summed E-state index contributed by atoms with van der Waals surface area (Å²) in [4.78, 5) is 0. The van der Waals surface area contributed by atoms with Crippen LogP contribution >= 0.6 is 0 Å². The van der Waals surface area contributed by atoms with E-state index in [0.29, 0.717) is 12.3 Å². The first kappa shape index (κ1) is 15.8. The molecule has 0 spiro atoms. The van der Waals surface area contributed by atoms with Gasteiger partial charge in [0.05, 0.1) is 0 Å². The van der Waals surface area contributed by atoms with Crippen LogP contribution in [0.25, 0.3) is 0 Å². The maximum Gasteiger partial charge on any atom is 0.573 e. The fourth-order valence-corrected chi connectivity index (χ4v) is 1.97. The Morgan fingerprint density at radius 2 is 1.79 bits per heavy atom. The van der Waals surface area contributed by atoms with Crippen molar-refractivity contribution >= 4 is 0 Å². The van der Waals surface area contributed by atoms with Gasteiger partial charge in [-0.25, -0.2) is 0 Å². The van der Waals surface area contributed by atoms with Crippen LogP contribution in [-0.4, -0.2) is 12.4 Å². The van der Waals surface area contributed by atoms with Crippen molar-refractivity contribution in [3.8, 4) is 5.75 Å². The molecule has 0 aliphatic rings. The first-order chi connectivity index (χ1) is 8.81. The molecular weight excluding hydrogens is 255 g/mol. The first-order valence-electron chi connectivity index (χ1n) is 6.42. The van der Waals surface area contributed by atoms with Crippen molar-refractivity contribution in [1.29, 1.82) is 0 Å². The normalized spacial score (nSPS) is 15.1. The molecule has 108 valence electrons. The molecule has 2 atom stereocenters. The van der Waals surface area contributed by atoms with Crippen molar-refractivity contribution in [2.24, 2.45) is 11.7 Å². The molecule has 0 aromatic heterocycles. The van der Waals surface area contributed by atoms with Crippen molar-refractivity contribution in [3.05, 3.63) is 29.8 Å². The van der Waals surface area contributed by atoms with E-state index >= 15 is 0 Å². The van der Waals surface area contributed by atoms with Crippen LogP contribution in [0.15, 0.2) is 24.3 Å². The number of benzene rings is 1. The third kappa shape index (κ3) is 5.96. The van der Waals surface area contributed by atoms with Crippen LogP contribution in [-0.2, 0) is 6.42 Å². The van der Waals surface area contributed by atoms with Gasteiger partial charge in [0.2, 0.25) is 0 Å². The summed E-state index contributed by atoms with van der Waals surface area (Å²) < 4.78 is 39.8. The monoisotopic (exact) mass is 275 g/mol. The third-order valence-corrected chi connectivity index (χ3v) is 3.10. The smallest absolute Gasteiger partial charge is 0.406 e. The Morgan fingerprint density at radius 1 is 1.21 bits per heavy atom. The van der Waals surface area contributed by atoms with E-state index in [-0.39, 0.29) is 11.8 Å². The van der Waals surface area contributed by atoms with Crippen molar-refractivity contribution in [2.75, 3.05) is 0 Å². The molecule has 0 saturated carbocycles. The number of alkyl halides is 3. The van der Waals surface area contributed by atoms with Gasteiger partial charge in [0.15, 0.2) is 0 Å². The number of rotatable bonds is 6. The number of halogens is 3. The Balaban J connectivity index is 2.57. The molecule has 0 heterocycles. The van der Waals surface area contributed by atoms with Gasteiger partial charge in [-0.15, -0.1) is 13.2 Å². The highest BCUT2D eigenvalue weighted by Crippen LogP contribution is 2.23. The molecule has 5 heteroatoms. The van der Waals surface area contributed by atoms with Gasteiger partial charge in [-0.3, -0.25) is 0 Å². The Bertz CT molecular complexity index is 375. The summed E-state index contributed by atoms with van der Waals surface area (Å²) in [5, 5.41) is 0. The average Bonchev–Trinajstić information content (AvgIpc) is 2.30. The zero-order chi connectivity index (χ0) is 14.5. The molecular formula is C14H20F3NO. The number of nitrogens with two attached hydrogens (primary N) is 1. The molecule has 0 fully saturated rings. The zero-order valence-electron chi connectivity index (χ0n) is 11.2. The SMILES string of the molecule is CCCC(C)C(N)Cc1ccc(OC(F)(F)F)cc1. The van der Waals surface area contributed by atoms with E-state index in [4.69, 9.17) is 5.73 Å². The minimum atomic E-state index is -4.65. The zero-order valence-corrected chi connectivity index (χ0v) is 11.2. The highest BCUT2D eigenvalue weighted by atomic mass is 19.4. The molecule has 1 rings (SSSR count). The molecule has 0 aliphatic carbocycles. The van der Waals surface area contributed by atoms with Crippen molar-refractivity contribution in [2.45, 2.75) is 45.5 Å². The summed E-state index contributed by atoms with van der Waals surface area (Å²) in [6.07, 6.45) is -1.86. The predicted molar refractivity (Wildman–Crippen MR) is 68.9 cm³/mol. The topological polar surface area (TPSA) is 35.2 Å². The molecule has 2 N–H and O–H groups in total. The van der Waals surface area contributed by atoms with Crippen molar-refractivity contribution in [1.82, 2.24) is 0 Å². The van der Waals surface area contributed by atoms with Crippen LogP contribution in [0.5, 0.6) is 5.75 Å². The van der Waals surface area contributed by atoms with Gasteiger partial charge < -0.3 is 10.5 Å². The lowest BCUT2D eigenvalue weighted by Crippen LogP contribution is -2.30. The summed E-state index contributed by atoms with van der Waals surface area (Å²) in [6.45, 7) is 4.20. The van der Waals surface area contributed by atoms with Crippen LogP contribution in [0.2, 0.25) is 0 Å². The Kier molecular flexibility index (Phi) is 5.66. The maximum absolute atomic E-state index is 12.0. The molecule has 0 saturated heterocycles. The van der Waals surface area contributed by atoms with Gasteiger partial charge in [0.1, 0.15) is 5.75 Å². The number of hydrogen-bond donors (Lipinski definition) is 1. The van der Waals surface area contributed by atoms with Crippen molar-refractivity contribution < 1.29 is 17.9 Å². The second-order valence-corrected chi connectivity index (χ2v) is 4.83. The highest BCUT2D eigenvalue weighted by molar-refractivity contribution is 5.28. The lowest BCUT2D eigenvalue weighted by molar-refractivity contribution is -0.274. The number of ether oxygens (including phenoxy) is 1. The lowest BCUT2D eigenvalue weighted by atomic mass is 9.92. The second-order valence-electron chi connectivity index (χ2n) is 4.83. The van der Waals surface area contributed by atoms with Crippen LogP contribution in [0.3, 0.4) is 0 Å². The largest absolute Gasteiger partial charge is 0.573 e. The van der Waals surface area contributed by atoms with Gasteiger partial charge in [0.25, 0.3) is 0 Å². The fraction of sp³-hybridized carbons (Fsp3) is 0.571. The standard InChI is InChI=1S/C14H20F3NO/c1-3-4-10(2)13(18)9-11-5-7-12(8-6-11)19-14(15,16)17/h5-8,10,13H,3-4,9,18H2,1-2H3. The lowest BCUT2D eigenvalue weighted by Gasteiger charge is -2.19. The Labute approximate surface area is 111 Å². The fourth-order valence-electron chi connectivity index (χ4n) is 1.97. The molecule has 0 amide bonds. The molecule has 19 heavy (non-hydrogen) atoms. The summed E-state index contributed by atoms with van der Waals surface area (Å²) >= 11 is 0. The van der Waals surface area contributed by atoms with E-state index in [1.54, 1.807) is 12.1 Å². The quantitative estimate of drug-likeness (QED) is 0.854. The third-order valence-electron chi connectivity index (χ3n) is 3.10. The molecule has 2 unspecified atom stereocenters. The maximum atomic E-state index is 12.0. The van der Waals surface area contributed by atoms with Crippen LogP contribution in [0.4, 0.5) is 13.2 Å². The van der Waals surface area contributed by atoms with Crippen LogP contribution < -0.4 is 10.5 Å². The van der Waals surface area contributed by atoms with Crippen LogP contribution in [0, 0.1) is 5.92 Å². The van der Waals surface area contributed by atoms with Gasteiger partial charge in [-0.2, -0.15) is 0 Å². The van der Waals surface area contributed by atoms with Gasteiger partial charge in [0, 0.05) is 6.04 Å². The molecule has 0 radical (unpaired) electrons. The van der Waals surface area contributed by atoms with E-state index in [1.807, 2.05) is 0 Å². The Hall–Kier alpha value is -1.23. The minimum absolute atomic E-state index is 0.0225. The van der Waals surface area contributed by atoms with E-state index in [0.717, 1.165) is 18.4 Å². The van der Waals surface area contributed by atoms with Gasteiger partial charge in [-0.05, 0) is 36.5 Å². The Morgan fingerprint density at radius 3 is 2.26 bits per heavy atom. The molecule has 1 aromatic carbocycles. The first-order valence-corrected chi connectivity index (χ1v) is 6.42. The van der Waals surface area contributed by atoms with E-state index in [1.165, 1.54) is 12.1 Å². The molecule has 2 nitrogen and oxygen atoms in total. The van der Waals surface area contributed by atoms with E-state index in [9.17, 15) is 13.2 Å². The molecule has 0 aliphatic heterocycles. The summed E-state index contributed by atoms with van der Waals surface area (Å²) in [6, 6.07) is 5.91. The molecule has 1 aromatic rings.